The Morgan fingerprint density at radius 1 is 1.40 bits per heavy atom. The van der Waals surface area contributed by atoms with E-state index in [1.807, 2.05) is 6.92 Å². The number of carbonyl (C=O) groups is 1. The highest BCUT2D eigenvalue weighted by atomic mass is 32.2. The molecule has 132 valence electrons. The molecular weight excluding hydrogens is 357 g/mol. The number of nitrogens with one attached hydrogen (secondary N) is 1. The highest BCUT2D eigenvalue weighted by Crippen LogP contribution is 2.48. The van der Waals surface area contributed by atoms with Gasteiger partial charge in [-0.05, 0) is 31.5 Å². The summed E-state index contributed by atoms with van der Waals surface area (Å²) >= 11 is 3.21. The SMILES string of the molecule is CC[C@@H]1c2c(SCC(=O)Nc3cccc(F)c3)nc(C)nc2S[C@H]1C. The fourth-order valence-electron chi connectivity index (χ4n) is 2.97. The molecule has 0 spiro atoms. The van der Waals surface area contributed by atoms with E-state index in [0.29, 0.717) is 16.9 Å². The number of carbonyl (C=O) groups excluding carboxylic acids is 1. The number of aromatic nitrogens is 2. The summed E-state index contributed by atoms with van der Waals surface area (Å²) in [5.74, 6) is 0.825. The largest absolute Gasteiger partial charge is 0.325 e. The van der Waals surface area contributed by atoms with Crippen LogP contribution >= 0.6 is 23.5 Å². The van der Waals surface area contributed by atoms with Crippen LogP contribution in [0.2, 0.25) is 0 Å². The standard InChI is InChI=1S/C18H20FN3OS2/c1-4-14-10(2)25-18-16(14)17(20-11(3)21-18)24-9-15(23)22-13-7-5-6-12(19)8-13/h5-8,10,14H,4,9H2,1-3H3,(H,22,23)/t10-,14-/m0/s1. The van der Waals surface area contributed by atoms with Gasteiger partial charge in [0.05, 0.1) is 5.75 Å². The molecule has 0 fully saturated rings. The van der Waals surface area contributed by atoms with E-state index in [4.69, 9.17) is 0 Å². The van der Waals surface area contributed by atoms with Crippen LogP contribution in [0.15, 0.2) is 34.3 Å². The number of thioether (sulfide) groups is 2. The Balaban J connectivity index is 1.72. The first-order valence-electron chi connectivity index (χ1n) is 8.21. The third kappa shape index (κ3) is 4.15. The van der Waals surface area contributed by atoms with Crippen LogP contribution < -0.4 is 5.32 Å². The number of nitrogens with zero attached hydrogens (tertiary/aromatic N) is 2. The summed E-state index contributed by atoms with van der Waals surface area (Å²) in [6.07, 6.45) is 1.02. The molecule has 0 saturated carbocycles. The van der Waals surface area contributed by atoms with Gasteiger partial charge in [-0.3, -0.25) is 4.79 Å². The maximum atomic E-state index is 13.2. The third-order valence-electron chi connectivity index (χ3n) is 4.11. The van der Waals surface area contributed by atoms with Gasteiger partial charge in [-0.2, -0.15) is 0 Å². The van der Waals surface area contributed by atoms with Gasteiger partial charge in [0.25, 0.3) is 0 Å². The van der Waals surface area contributed by atoms with Gasteiger partial charge in [0.1, 0.15) is 21.7 Å². The number of amides is 1. The Morgan fingerprint density at radius 2 is 2.20 bits per heavy atom. The lowest BCUT2D eigenvalue weighted by Gasteiger charge is -2.15. The quantitative estimate of drug-likeness (QED) is 0.607. The zero-order valence-corrected chi connectivity index (χ0v) is 16.0. The second kappa shape index (κ2) is 7.74. The van der Waals surface area contributed by atoms with Crippen molar-refractivity contribution in [2.24, 2.45) is 0 Å². The van der Waals surface area contributed by atoms with Crippen LogP contribution in [0.25, 0.3) is 0 Å². The van der Waals surface area contributed by atoms with Crippen LogP contribution in [-0.2, 0) is 4.79 Å². The summed E-state index contributed by atoms with van der Waals surface area (Å²) in [6, 6.07) is 5.90. The van der Waals surface area contributed by atoms with Crippen LogP contribution in [0.5, 0.6) is 0 Å². The highest BCUT2D eigenvalue weighted by Gasteiger charge is 2.33. The fourth-order valence-corrected chi connectivity index (χ4v) is 5.38. The van der Waals surface area contributed by atoms with Crippen LogP contribution in [0.1, 0.15) is 37.6 Å². The maximum Gasteiger partial charge on any atom is 0.234 e. The van der Waals surface area contributed by atoms with Crippen LogP contribution in [0, 0.1) is 12.7 Å². The molecule has 2 atom stereocenters. The van der Waals surface area contributed by atoms with Gasteiger partial charge in [-0.15, -0.1) is 11.8 Å². The molecule has 1 amide bonds. The summed E-state index contributed by atoms with van der Waals surface area (Å²) in [5.41, 5.74) is 1.64. The third-order valence-corrected chi connectivity index (χ3v) is 6.34. The normalized spacial score (nSPS) is 18.9. The highest BCUT2D eigenvalue weighted by molar-refractivity contribution is 8.01. The first-order valence-corrected chi connectivity index (χ1v) is 10.1. The molecular formula is C18H20FN3OS2. The molecule has 2 aromatic rings. The molecule has 1 aliphatic rings. The van der Waals surface area contributed by atoms with Crippen molar-refractivity contribution in [3.63, 3.8) is 0 Å². The number of halogens is 1. The molecule has 0 unspecified atom stereocenters. The first kappa shape index (κ1) is 18.2. The molecule has 25 heavy (non-hydrogen) atoms. The molecule has 7 heteroatoms. The average molecular weight is 378 g/mol. The van der Waals surface area contributed by atoms with E-state index in [-0.39, 0.29) is 17.5 Å². The van der Waals surface area contributed by atoms with Crippen molar-refractivity contribution in [3.05, 3.63) is 41.5 Å². The second-order valence-corrected chi connectivity index (χ2v) is 8.31. The number of rotatable bonds is 5. The van der Waals surface area contributed by atoms with E-state index >= 15 is 0 Å². The van der Waals surface area contributed by atoms with Crippen molar-refractivity contribution < 1.29 is 9.18 Å². The zero-order valence-electron chi connectivity index (χ0n) is 14.4. The molecule has 4 nitrogen and oxygen atoms in total. The minimum absolute atomic E-state index is 0.174. The maximum absolute atomic E-state index is 13.2. The number of anilines is 1. The van der Waals surface area contributed by atoms with Gasteiger partial charge in [-0.1, -0.05) is 31.7 Å². The Bertz CT molecular complexity index is 800. The Morgan fingerprint density at radius 3 is 2.92 bits per heavy atom. The molecule has 0 saturated heterocycles. The number of hydrogen-bond acceptors (Lipinski definition) is 5. The molecule has 0 aliphatic carbocycles. The van der Waals surface area contributed by atoms with E-state index in [9.17, 15) is 9.18 Å². The van der Waals surface area contributed by atoms with Gasteiger partial charge in [0.15, 0.2) is 0 Å². The Hall–Kier alpha value is -1.60. The van der Waals surface area contributed by atoms with Crippen molar-refractivity contribution in [1.82, 2.24) is 9.97 Å². The fraction of sp³-hybridized carbons (Fsp3) is 0.389. The summed E-state index contributed by atoms with van der Waals surface area (Å²) in [7, 11) is 0. The van der Waals surface area contributed by atoms with E-state index in [1.165, 1.54) is 29.5 Å². The van der Waals surface area contributed by atoms with Gasteiger partial charge < -0.3 is 5.32 Å². The van der Waals surface area contributed by atoms with Gasteiger partial charge in [0.2, 0.25) is 5.91 Å². The van der Waals surface area contributed by atoms with Gasteiger partial charge >= 0.3 is 0 Å². The smallest absolute Gasteiger partial charge is 0.234 e. The van der Waals surface area contributed by atoms with Gasteiger partial charge in [-0.25, -0.2) is 14.4 Å². The average Bonchev–Trinajstić information content (AvgIpc) is 2.87. The Labute approximate surface area is 155 Å². The predicted octanol–water partition coefficient (Wildman–Crippen LogP) is 4.64. The lowest BCUT2D eigenvalue weighted by Crippen LogP contribution is -2.15. The number of fused-ring (bicyclic) bond motifs is 1. The van der Waals surface area contributed by atoms with Crippen LogP contribution in [-0.4, -0.2) is 26.9 Å². The molecule has 1 aromatic heterocycles. The van der Waals surface area contributed by atoms with E-state index in [1.54, 1.807) is 23.9 Å². The summed E-state index contributed by atoms with van der Waals surface area (Å²) < 4.78 is 13.2. The second-order valence-electron chi connectivity index (χ2n) is 5.98. The van der Waals surface area contributed by atoms with Crippen LogP contribution in [0.3, 0.4) is 0 Å². The van der Waals surface area contributed by atoms with E-state index < -0.39 is 0 Å². The monoisotopic (exact) mass is 377 g/mol. The van der Waals surface area contributed by atoms with Crippen molar-refractivity contribution >= 4 is 35.1 Å². The molecule has 1 N–H and O–H groups in total. The minimum Gasteiger partial charge on any atom is -0.325 e. The summed E-state index contributed by atoms with van der Waals surface area (Å²) in [5, 5.41) is 5.12. The molecule has 3 rings (SSSR count). The number of benzene rings is 1. The summed E-state index contributed by atoms with van der Waals surface area (Å²) in [4.78, 5) is 21.3. The molecule has 2 heterocycles. The zero-order chi connectivity index (χ0) is 18.0. The first-order chi connectivity index (χ1) is 12.0. The minimum atomic E-state index is -0.369. The van der Waals surface area contributed by atoms with Crippen LogP contribution in [0.4, 0.5) is 10.1 Å². The van der Waals surface area contributed by atoms with Crippen molar-refractivity contribution in [2.45, 2.75) is 48.4 Å². The van der Waals surface area contributed by atoms with Crippen molar-refractivity contribution in [3.8, 4) is 0 Å². The number of aryl methyl sites for hydroxylation is 1. The lowest BCUT2D eigenvalue weighted by molar-refractivity contribution is -0.113. The summed E-state index contributed by atoms with van der Waals surface area (Å²) in [6.45, 7) is 6.25. The van der Waals surface area contributed by atoms with Gasteiger partial charge in [0, 0.05) is 22.4 Å². The predicted molar refractivity (Wildman–Crippen MR) is 101 cm³/mol. The van der Waals surface area contributed by atoms with E-state index in [0.717, 1.165) is 22.3 Å². The van der Waals surface area contributed by atoms with Crippen molar-refractivity contribution in [1.29, 1.82) is 0 Å². The lowest BCUT2D eigenvalue weighted by atomic mass is 9.96. The Kier molecular flexibility index (Phi) is 5.64. The molecule has 0 radical (unpaired) electrons. The van der Waals surface area contributed by atoms with E-state index in [2.05, 4.69) is 29.1 Å². The number of hydrogen-bond donors (Lipinski definition) is 1. The molecule has 1 aliphatic heterocycles. The molecule has 0 bridgehead atoms. The topological polar surface area (TPSA) is 54.9 Å². The molecule has 1 aromatic carbocycles. The van der Waals surface area contributed by atoms with Crippen molar-refractivity contribution in [2.75, 3.05) is 11.1 Å².